The molecular formula is C40H46N8O6S4. The minimum Gasteiger partial charge on any atom is -0.744 e. The SMILES string of the molecule is CN(CCCCN(C)c1ccc(N=Nc2scc[n+]2C)cc1)c1ccc(N=Nc2scc[n+]2C)cc1.Cc1ccccc1S(=O)(=O)[O-].Cc1ccccc1S(=O)(=O)[O-]. The van der Waals surface area contributed by atoms with E-state index < -0.39 is 20.2 Å². The van der Waals surface area contributed by atoms with Gasteiger partial charge in [0.15, 0.2) is 0 Å². The molecule has 0 radical (unpaired) electrons. The second kappa shape index (κ2) is 21.5. The van der Waals surface area contributed by atoms with Crippen LogP contribution < -0.4 is 18.9 Å². The molecule has 2 heterocycles. The van der Waals surface area contributed by atoms with Crippen LogP contribution in [0.2, 0.25) is 0 Å². The number of nitrogens with zero attached hydrogens (tertiary/aromatic N) is 8. The molecule has 0 spiro atoms. The molecule has 6 rings (SSSR count). The quantitative estimate of drug-likeness (QED) is 0.0481. The number of rotatable bonds is 13. The van der Waals surface area contributed by atoms with Gasteiger partial charge in [-0.15, -0.1) is 0 Å². The van der Waals surface area contributed by atoms with Crippen molar-refractivity contribution in [1.82, 2.24) is 0 Å². The van der Waals surface area contributed by atoms with E-state index in [4.69, 9.17) is 0 Å². The van der Waals surface area contributed by atoms with E-state index in [0.717, 1.165) is 47.6 Å². The summed E-state index contributed by atoms with van der Waals surface area (Å²) in [5.74, 6) is 0. The zero-order chi connectivity index (χ0) is 42.3. The molecule has 6 aromatic rings. The highest BCUT2D eigenvalue weighted by Crippen LogP contribution is 2.24. The van der Waals surface area contributed by atoms with Crippen molar-refractivity contribution in [2.24, 2.45) is 34.6 Å². The van der Waals surface area contributed by atoms with Crippen LogP contribution >= 0.6 is 22.7 Å². The average molecular weight is 863 g/mol. The average Bonchev–Trinajstić information content (AvgIpc) is 3.81. The lowest BCUT2D eigenvalue weighted by atomic mass is 10.2. The molecule has 58 heavy (non-hydrogen) atoms. The highest BCUT2D eigenvalue weighted by Gasteiger charge is 2.10. The predicted octanol–water partition coefficient (Wildman–Crippen LogP) is 8.44. The summed E-state index contributed by atoms with van der Waals surface area (Å²) in [7, 11) is -0.359. The van der Waals surface area contributed by atoms with Crippen LogP contribution in [0.5, 0.6) is 0 Å². The number of unbranched alkanes of at least 4 members (excludes halogenated alkanes) is 1. The van der Waals surface area contributed by atoms with Gasteiger partial charge in [-0.05, 0) is 131 Å². The van der Waals surface area contributed by atoms with Gasteiger partial charge in [0.05, 0.1) is 34.1 Å². The largest absolute Gasteiger partial charge is 0.744 e. The molecule has 0 aliphatic carbocycles. The molecule has 0 N–H and O–H groups in total. The zero-order valence-corrected chi connectivity index (χ0v) is 36.3. The van der Waals surface area contributed by atoms with E-state index in [-0.39, 0.29) is 9.79 Å². The number of anilines is 2. The fraction of sp³-hybridized carbons (Fsp3) is 0.250. The third kappa shape index (κ3) is 14.3. The minimum atomic E-state index is -4.28. The maximum atomic E-state index is 10.5. The minimum absolute atomic E-state index is 0.139. The van der Waals surface area contributed by atoms with E-state index in [9.17, 15) is 25.9 Å². The fourth-order valence-electron chi connectivity index (χ4n) is 5.23. The lowest BCUT2D eigenvalue weighted by molar-refractivity contribution is -0.654. The van der Waals surface area contributed by atoms with Crippen molar-refractivity contribution in [1.29, 1.82) is 0 Å². The van der Waals surface area contributed by atoms with Crippen LogP contribution in [0.3, 0.4) is 0 Å². The highest BCUT2D eigenvalue weighted by atomic mass is 32.2. The van der Waals surface area contributed by atoms with Crippen LogP contribution in [0.1, 0.15) is 24.0 Å². The number of azo groups is 2. The van der Waals surface area contributed by atoms with Gasteiger partial charge in [-0.2, -0.15) is 0 Å². The first kappa shape index (κ1) is 45.5. The molecule has 306 valence electrons. The number of aromatic nitrogens is 2. The first-order valence-corrected chi connectivity index (χ1v) is 22.5. The zero-order valence-electron chi connectivity index (χ0n) is 33.0. The van der Waals surface area contributed by atoms with Gasteiger partial charge in [0.2, 0.25) is 0 Å². The van der Waals surface area contributed by atoms with E-state index in [1.54, 1.807) is 60.8 Å². The molecule has 4 aromatic carbocycles. The summed E-state index contributed by atoms with van der Waals surface area (Å²) < 4.78 is 66.9. The van der Waals surface area contributed by atoms with Crippen LogP contribution in [0, 0.1) is 13.8 Å². The Bertz CT molecular complexity index is 2330. The van der Waals surface area contributed by atoms with E-state index in [2.05, 4.69) is 68.6 Å². The second-order valence-corrected chi connectivity index (χ2v) is 17.5. The maximum absolute atomic E-state index is 10.5. The molecule has 0 saturated heterocycles. The van der Waals surface area contributed by atoms with Crippen LogP contribution in [0.25, 0.3) is 0 Å². The summed E-state index contributed by atoms with van der Waals surface area (Å²) in [6, 6.07) is 28.7. The van der Waals surface area contributed by atoms with Crippen molar-refractivity contribution in [3.05, 3.63) is 131 Å². The smallest absolute Gasteiger partial charge is 0.408 e. The second-order valence-electron chi connectivity index (χ2n) is 13.0. The van der Waals surface area contributed by atoms with Crippen LogP contribution in [-0.4, -0.2) is 53.1 Å². The van der Waals surface area contributed by atoms with E-state index in [1.165, 1.54) is 35.6 Å². The number of thiazole rings is 2. The first-order valence-electron chi connectivity index (χ1n) is 17.9. The van der Waals surface area contributed by atoms with Crippen LogP contribution in [0.4, 0.5) is 33.0 Å². The fourth-order valence-corrected chi connectivity index (χ4v) is 8.00. The number of benzene rings is 4. The van der Waals surface area contributed by atoms with Crippen molar-refractivity contribution in [3.8, 4) is 0 Å². The Labute approximate surface area is 348 Å². The van der Waals surface area contributed by atoms with E-state index >= 15 is 0 Å². The van der Waals surface area contributed by atoms with E-state index in [1.807, 2.05) is 70.6 Å². The predicted molar refractivity (Wildman–Crippen MR) is 226 cm³/mol. The van der Waals surface area contributed by atoms with Crippen molar-refractivity contribution in [2.45, 2.75) is 36.5 Å². The molecule has 0 bridgehead atoms. The van der Waals surface area contributed by atoms with Crippen LogP contribution in [0.15, 0.2) is 150 Å². The molecule has 2 aromatic heterocycles. The summed E-state index contributed by atoms with van der Waals surface area (Å²) in [6.07, 6.45) is 6.18. The molecular weight excluding hydrogens is 817 g/mol. The van der Waals surface area contributed by atoms with E-state index in [0.29, 0.717) is 11.1 Å². The Balaban J connectivity index is 0.000000273. The Morgan fingerprint density at radius 3 is 1.17 bits per heavy atom. The monoisotopic (exact) mass is 862 g/mol. The van der Waals surface area contributed by atoms with Gasteiger partial charge in [-0.1, -0.05) is 36.4 Å². The van der Waals surface area contributed by atoms with Gasteiger partial charge < -0.3 is 18.9 Å². The van der Waals surface area contributed by atoms with Gasteiger partial charge in [0.25, 0.3) is 0 Å². The molecule has 0 saturated carbocycles. The Kier molecular flexibility index (Phi) is 16.9. The Morgan fingerprint density at radius 2 is 0.897 bits per heavy atom. The van der Waals surface area contributed by atoms with Crippen molar-refractivity contribution >= 4 is 75.9 Å². The third-order valence-corrected chi connectivity index (χ3v) is 12.2. The summed E-state index contributed by atoms with van der Waals surface area (Å²) in [6.45, 7) is 5.17. The van der Waals surface area contributed by atoms with Gasteiger partial charge in [-0.3, -0.25) is 0 Å². The van der Waals surface area contributed by atoms with Gasteiger partial charge in [0.1, 0.15) is 44.0 Å². The molecule has 0 atom stereocenters. The molecule has 14 nitrogen and oxygen atoms in total. The summed E-state index contributed by atoms with van der Waals surface area (Å²) >= 11 is 3.15. The Hall–Kier alpha value is -5.24. The normalized spacial score (nSPS) is 11.5. The summed E-state index contributed by atoms with van der Waals surface area (Å²) in [5, 5.41) is 23.1. The van der Waals surface area contributed by atoms with Gasteiger partial charge >= 0.3 is 10.3 Å². The molecule has 0 aliphatic rings. The number of aryl methyl sites for hydroxylation is 4. The van der Waals surface area contributed by atoms with Crippen molar-refractivity contribution in [3.63, 3.8) is 0 Å². The molecule has 0 fully saturated rings. The lowest BCUT2D eigenvalue weighted by Gasteiger charge is -2.22. The summed E-state index contributed by atoms with van der Waals surface area (Å²) in [4.78, 5) is 4.29. The topological polar surface area (TPSA) is 178 Å². The van der Waals surface area contributed by atoms with Gasteiger partial charge in [0, 0.05) is 49.3 Å². The highest BCUT2D eigenvalue weighted by molar-refractivity contribution is 7.86. The standard InChI is InChI=1S/C26H32N8S2.2C7H8O3S/c1-31(23-11-7-21(8-12-23)27-29-25-33(3)17-19-35-25)15-5-6-16-32(2)24-13-9-22(10-14-24)28-30-26-34(4)18-20-36-26;2*1-6-4-2-3-5-7(6)11(8,9)10/h7-14,17-20H,5-6,15-16H2,1-4H3;2*2-5H,1H3,(H,8,9,10)/q+2;;/p-2. The molecule has 0 amide bonds. The van der Waals surface area contributed by atoms with Crippen molar-refractivity contribution in [2.75, 3.05) is 37.0 Å². The van der Waals surface area contributed by atoms with Crippen LogP contribution in [-0.2, 0) is 34.3 Å². The Morgan fingerprint density at radius 1 is 0.552 bits per heavy atom. The molecule has 0 unspecified atom stereocenters. The van der Waals surface area contributed by atoms with Crippen molar-refractivity contribution < 1.29 is 35.1 Å². The molecule has 0 aliphatic heterocycles. The molecule has 18 heteroatoms. The summed E-state index contributed by atoms with van der Waals surface area (Å²) in [5.41, 5.74) is 5.06. The lowest BCUT2D eigenvalue weighted by Crippen LogP contribution is -2.23. The van der Waals surface area contributed by atoms with Gasteiger partial charge in [-0.25, -0.2) is 26.0 Å². The number of hydrogen-bond acceptors (Lipinski definition) is 14. The maximum Gasteiger partial charge on any atom is 0.408 e. The first-order chi connectivity index (χ1) is 27.5. The third-order valence-electron chi connectivity index (χ3n) is 8.57. The number of hydrogen-bond donors (Lipinski definition) is 0.